The number of nitrogens with one attached hydrogen (secondary N) is 1. The van der Waals surface area contributed by atoms with E-state index in [9.17, 15) is 31.9 Å². The zero-order valence-electron chi connectivity index (χ0n) is 20.5. The molecule has 4 rings (SSSR count). The van der Waals surface area contributed by atoms with Crippen molar-refractivity contribution in [1.82, 2.24) is 4.98 Å². The van der Waals surface area contributed by atoms with Gasteiger partial charge in [-0.2, -0.15) is 13.2 Å². The number of aliphatic hydroxyl groups is 1. The molecule has 39 heavy (non-hydrogen) atoms. The van der Waals surface area contributed by atoms with Gasteiger partial charge in [0, 0.05) is 29.3 Å². The largest absolute Gasteiger partial charge is 0.494 e. The minimum absolute atomic E-state index is 0.0714. The number of aromatic nitrogens is 1. The zero-order valence-corrected chi connectivity index (χ0v) is 20.5. The molecule has 2 aromatic heterocycles. The topological polar surface area (TPSA) is 93.8 Å². The molecule has 0 aliphatic rings. The number of hydrogen-bond acceptors (Lipinski definition) is 6. The van der Waals surface area contributed by atoms with Crippen LogP contribution in [0.4, 0.5) is 27.6 Å². The van der Waals surface area contributed by atoms with Gasteiger partial charge in [-0.1, -0.05) is 12.6 Å². The van der Waals surface area contributed by atoms with E-state index in [1.165, 1.54) is 24.4 Å². The number of carbonyl (C=O) groups is 1. The Morgan fingerprint density at radius 1 is 1.15 bits per heavy atom. The average Bonchev–Trinajstić information content (AvgIpc) is 3.32. The summed E-state index contributed by atoms with van der Waals surface area (Å²) in [7, 11) is 2.32. The third-order valence-electron chi connectivity index (χ3n) is 5.91. The minimum Gasteiger partial charge on any atom is -0.494 e. The highest BCUT2D eigenvalue weighted by molar-refractivity contribution is 5.99. The van der Waals surface area contributed by atoms with Crippen molar-refractivity contribution in [2.45, 2.75) is 18.7 Å². The van der Waals surface area contributed by atoms with Crippen LogP contribution in [0.3, 0.4) is 0 Å². The van der Waals surface area contributed by atoms with E-state index in [4.69, 9.17) is 13.9 Å². The molecule has 0 aliphatic carbocycles. The Morgan fingerprint density at radius 2 is 1.82 bits per heavy atom. The lowest BCUT2D eigenvalue weighted by atomic mass is 9.99. The second kappa shape index (κ2) is 10.7. The third kappa shape index (κ3) is 5.41. The number of fused-ring (bicyclic) bond motifs is 1. The van der Waals surface area contributed by atoms with Crippen LogP contribution in [0.5, 0.6) is 11.5 Å². The molecule has 1 atom stereocenters. The predicted molar refractivity (Wildman–Crippen MR) is 131 cm³/mol. The maximum absolute atomic E-state index is 14.9. The molecule has 204 valence electrons. The van der Waals surface area contributed by atoms with Gasteiger partial charge in [0.15, 0.2) is 28.7 Å². The summed E-state index contributed by atoms with van der Waals surface area (Å²) in [4.78, 5) is 15.9. The molecule has 12 heteroatoms. The Kier molecular flexibility index (Phi) is 7.59. The molecular formula is C27H21F5N2O5. The minimum atomic E-state index is -4.72. The summed E-state index contributed by atoms with van der Waals surface area (Å²) in [6.07, 6.45) is -4.84. The summed E-state index contributed by atoms with van der Waals surface area (Å²) in [6.45, 7) is 3.31. The molecule has 2 aromatic carbocycles. The average molecular weight is 548 g/mol. The standard InChI is InChI=1S/C27H21F5N2O5/c1-4-22(35)34-17-7-5-6-16(27(30,31)32)15(17)10-14-8-13-9-20(39-21(13)12-33-14)26(36)23-24(28)18(37-2)11-19(38-3)25(23)29/h4-9,11-12,26,36H,1,10H2,2-3H3,(H,34,35). The second-order valence-electron chi connectivity index (χ2n) is 8.29. The fourth-order valence-corrected chi connectivity index (χ4v) is 4.06. The Bertz CT molecular complexity index is 1540. The number of pyridine rings is 1. The van der Waals surface area contributed by atoms with Gasteiger partial charge < -0.3 is 24.3 Å². The molecule has 0 aliphatic heterocycles. The van der Waals surface area contributed by atoms with Crippen LogP contribution in [0.2, 0.25) is 0 Å². The van der Waals surface area contributed by atoms with Crippen LogP contribution in [-0.2, 0) is 17.4 Å². The Hall–Kier alpha value is -4.45. The van der Waals surface area contributed by atoms with E-state index in [1.54, 1.807) is 0 Å². The molecule has 0 saturated heterocycles. The number of amides is 1. The number of furan rings is 1. The normalized spacial score (nSPS) is 12.3. The molecule has 0 radical (unpaired) electrons. The molecular weight excluding hydrogens is 527 g/mol. The summed E-state index contributed by atoms with van der Waals surface area (Å²) >= 11 is 0. The van der Waals surface area contributed by atoms with E-state index in [0.717, 1.165) is 38.5 Å². The summed E-state index contributed by atoms with van der Waals surface area (Å²) in [5.74, 6) is -4.02. The quantitative estimate of drug-likeness (QED) is 0.209. The Morgan fingerprint density at radius 3 is 2.41 bits per heavy atom. The lowest BCUT2D eigenvalue weighted by molar-refractivity contribution is -0.138. The van der Waals surface area contributed by atoms with Crippen LogP contribution >= 0.6 is 0 Å². The van der Waals surface area contributed by atoms with Crippen molar-refractivity contribution in [2.75, 3.05) is 19.5 Å². The zero-order chi connectivity index (χ0) is 28.5. The van der Waals surface area contributed by atoms with E-state index >= 15 is 0 Å². The van der Waals surface area contributed by atoms with Gasteiger partial charge in [0.2, 0.25) is 5.91 Å². The Labute approximate surface area is 218 Å². The number of nitrogens with zero attached hydrogens (tertiary/aromatic N) is 1. The first-order chi connectivity index (χ1) is 18.5. The van der Waals surface area contributed by atoms with Gasteiger partial charge in [0.05, 0.1) is 31.5 Å². The number of benzene rings is 2. The van der Waals surface area contributed by atoms with Crippen LogP contribution in [0.1, 0.15) is 34.2 Å². The molecule has 0 fully saturated rings. The van der Waals surface area contributed by atoms with Crippen molar-refractivity contribution >= 4 is 22.6 Å². The van der Waals surface area contributed by atoms with Gasteiger partial charge in [0.1, 0.15) is 11.9 Å². The summed E-state index contributed by atoms with van der Waals surface area (Å²) in [5, 5.41) is 13.5. The first kappa shape index (κ1) is 27.6. The maximum atomic E-state index is 14.9. The van der Waals surface area contributed by atoms with Crippen molar-refractivity contribution in [3.63, 3.8) is 0 Å². The number of rotatable bonds is 8. The van der Waals surface area contributed by atoms with Crippen LogP contribution in [0.15, 0.2) is 59.7 Å². The monoisotopic (exact) mass is 548 g/mol. The molecule has 1 unspecified atom stereocenters. The molecule has 7 nitrogen and oxygen atoms in total. The fourth-order valence-electron chi connectivity index (χ4n) is 4.06. The summed E-state index contributed by atoms with van der Waals surface area (Å²) < 4.78 is 86.3. The number of carbonyl (C=O) groups excluding carboxylic acids is 1. The Balaban J connectivity index is 1.74. The van der Waals surface area contributed by atoms with Crippen LogP contribution in [0, 0.1) is 11.6 Å². The first-order valence-corrected chi connectivity index (χ1v) is 11.3. The number of anilines is 1. The smallest absolute Gasteiger partial charge is 0.416 e. The first-order valence-electron chi connectivity index (χ1n) is 11.3. The molecule has 1 amide bonds. The van der Waals surface area contributed by atoms with Gasteiger partial charge in [-0.05, 0) is 35.9 Å². The van der Waals surface area contributed by atoms with Gasteiger partial charge in [-0.15, -0.1) is 0 Å². The predicted octanol–water partition coefficient (Wildman–Crippen LogP) is 5.94. The SMILES string of the molecule is C=CC(=O)Nc1cccc(C(F)(F)F)c1Cc1cc2cc(C(O)c3c(F)c(OC)cc(OC)c3F)oc2cn1. The highest BCUT2D eigenvalue weighted by atomic mass is 19.4. The van der Waals surface area contributed by atoms with Gasteiger partial charge >= 0.3 is 6.18 Å². The maximum Gasteiger partial charge on any atom is 0.416 e. The van der Waals surface area contributed by atoms with E-state index in [2.05, 4.69) is 16.9 Å². The lowest BCUT2D eigenvalue weighted by Gasteiger charge is -2.17. The second-order valence-corrected chi connectivity index (χ2v) is 8.29. The number of methoxy groups -OCH3 is 2. The summed E-state index contributed by atoms with van der Waals surface area (Å²) in [6, 6.07) is 7.04. The van der Waals surface area contributed by atoms with E-state index in [0.29, 0.717) is 5.39 Å². The summed E-state index contributed by atoms with van der Waals surface area (Å²) in [5.41, 5.74) is -1.78. The molecule has 2 heterocycles. The van der Waals surface area contributed by atoms with Crippen LogP contribution in [-0.4, -0.2) is 30.2 Å². The molecule has 0 bridgehead atoms. The van der Waals surface area contributed by atoms with E-state index < -0.39 is 40.9 Å². The van der Waals surface area contributed by atoms with Gasteiger partial charge in [-0.3, -0.25) is 9.78 Å². The number of halogens is 5. The number of hydrogen-bond donors (Lipinski definition) is 2. The van der Waals surface area contributed by atoms with E-state index in [-0.39, 0.29) is 46.2 Å². The highest BCUT2D eigenvalue weighted by Gasteiger charge is 2.34. The van der Waals surface area contributed by atoms with Gasteiger partial charge in [-0.25, -0.2) is 8.78 Å². The van der Waals surface area contributed by atoms with Crippen molar-refractivity contribution in [3.8, 4) is 11.5 Å². The molecule has 4 aromatic rings. The number of alkyl halides is 3. The van der Waals surface area contributed by atoms with Gasteiger partial charge in [0.25, 0.3) is 0 Å². The molecule has 0 saturated carbocycles. The molecule has 2 N–H and O–H groups in total. The van der Waals surface area contributed by atoms with Crippen molar-refractivity contribution in [1.29, 1.82) is 0 Å². The van der Waals surface area contributed by atoms with Crippen molar-refractivity contribution < 1.29 is 45.7 Å². The molecule has 0 spiro atoms. The number of aliphatic hydroxyl groups excluding tert-OH is 1. The van der Waals surface area contributed by atoms with E-state index in [1.807, 2.05) is 0 Å². The number of ether oxygens (including phenoxy) is 2. The fraction of sp³-hybridized carbons (Fsp3) is 0.185. The van der Waals surface area contributed by atoms with Crippen LogP contribution < -0.4 is 14.8 Å². The van der Waals surface area contributed by atoms with Crippen molar-refractivity contribution in [3.05, 3.63) is 95.0 Å². The van der Waals surface area contributed by atoms with Crippen LogP contribution in [0.25, 0.3) is 11.0 Å². The third-order valence-corrected chi connectivity index (χ3v) is 5.91. The lowest BCUT2D eigenvalue weighted by Crippen LogP contribution is -2.15. The highest BCUT2D eigenvalue weighted by Crippen LogP contribution is 2.39. The van der Waals surface area contributed by atoms with Crippen molar-refractivity contribution in [2.24, 2.45) is 0 Å².